The molecule has 0 unspecified atom stereocenters. The zero-order valence-electron chi connectivity index (χ0n) is 17.4. The number of carbonyl (C=O) groups excluding carboxylic acids is 1. The van der Waals surface area contributed by atoms with E-state index in [2.05, 4.69) is 5.32 Å². The molecule has 158 valence electrons. The molecule has 8 heteroatoms. The Hall–Kier alpha value is -2.74. The summed E-state index contributed by atoms with van der Waals surface area (Å²) in [5.41, 5.74) is 2.87. The van der Waals surface area contributed by atoms with E-state index in [0.29, 0.717) is 18.0 Å². The van der Waals surface area contributed by atoms with Gasteiger partial charge in [-0.15, -0.1) is 0 Å². The van der Waals surface area contributed by atoms with Crippen LogP contribution in [-0.2, 0) is 14.8 Å². The normalized spacial score (nSPS) is 12.2. The third-order valence-corrected chi connectivity index (χ3v) is 5.66. The van der Waals surface area contributed by atoms with E-state index >= 15 is 0 Å². The first-order valence-corrected chi connectivity index (χ1v) is 11.1. The first-order valence-electron chi connectivity index (χ1n) is 9.22. The van der Waals surface area contributed by atoms with Gasteiger partial charge in [-0.1, -0.05) is 6.07 Å². The molecule has 29 heavy (non-hydrogen) atoms. The second-order valence-corrected chi connectivity index (χ2v) is 9.05. The van der Waals surface area contributed by atoms with Gasteiger partial charge in [-0.25, -0.2) is 8.42 Å². The summed E-state index contributed by atoms with van der Waals surface area (Å²) in [7, 11) is -1.85. The van der Waals surface area contributed by atoms with Crippen LogP contribution in [0.3, 0.4) is 0 Å². The lowest BCUT2D eigenvalue weighted by Crippen LogP contribution is -2.39. The number of carbonyl (C=O) groups is 1. The van der Waals surface area contributed by atoms with Crippen LogP contribution in [0.2, 0.25) is 0 Å². The number of hydrogen-bond acceptors (Lipinski definition) is 5. The van der Waals surface area contributed by atoms with E-state index in [1.807, 2.05) is 39.0 Å². The first kappa shape index (κ1) is 22.5. The van der Waals surface area contributed by atoms with Crippen molar-refractivity contribution in [2.45, 2.75) is 26.8 Å². The number of amides is 1. The minimum absolute atomic E-state index is 0.144. The van der Waals surface area contributed by atoms with E-state index in [1.54, 1.807) is 24.3 Å². The van der Waals surface area contributed by atoms with Gasteiger partial charge in [0.05, 0.1) is 18.0 Å². The average molecular weight is 421 g/mol. The predicted molar refractivity (Wildman–Crippen MR) is 114 cm³/mol. The van der Waals surface area contributed by atoms with E-state index in [4.69, 9.17) is 9.47 Å². The van der Waals surface area contributed by atoms with E-state index in [1.165, 1.54) is 16.9 Å². The SMILES string of the molecule is Cc1ccc(OC[C@H](C)NC(=O)COc2ccc(N(C)S(C)(=O)=O)cc2)cc1C. The van der Waals surface area contributed by atoms with E-state index < -0.39 is 10.0 Å². The van der Waals surface area contributed by atoms with Gasteiger partial charge < -0.3 is 14.8 Å². The molecule has 0 radical (unpaired) electrons. The monoisotopic (exact) mass is 420 g/mol. The summed E-state index contributed by atoms with van der Waals surface area (Å²) in [6.07, 6.45) is 1.13. The third-order valence-electron chi connectivity index (χ3n) is 4.45. The van der Waals surface area contributed by atoms with Crippen LogP contribution in [-0.4, -0.2) is 46.9 Å². The summed E-state index contributed by atoms with van der Waals surface area (Å²) in [6.45, 7) is 6.13. The van der Waals surface area contributed by atoms with Crippen LogP contribution >= 0.6 is 0 Å². The van der Waals surface area contributed by atoms with Gasteiger partial charge in [0.15, 0.2) is 6.61 Å². The molecule has 0 heterocycles. The number of anilines is 1. The quantitative estimate of drug-likeness (QED) is 0.674. The molecule has 1 N–H and O–H groups in total. The molecule has 0 fully saturated rings. The van der Waals surface area contributed by atoms with Gasteiger partial charge in [0.1, 0.15) is 18.1 Å². The summed E-state index contributed by atoms with van der Waals surface area (Å²) in [5, 5.41) is 2.82. The maximum atomic E-state index is 12.1. The largest absolute Gasteiger partial charge is 0.491 e. The number of nitrogens with zero attached hydrogens (tertiary/aromatic N) is 1. The molecule has 0 saturated heterocycles. The molecule has 1 amide bonds. The molecule has 0 bridgehead atoms. The maximum absolute atomic E-state index is 12.1. The molecule has 7 nitrogen and oxygen atoms in total. The number of aryl methyl sites for hydroxylation is 2. The van der Waals surface area contributed by atoms with Crippen molar-refractivity contribution in [2.75, 3.05) is 30.8 Å². The lowest BCUT2D eigenvalue weighted by Gasteiger charge is -2.17. The summed E-state index contributed by atoms with van der Waals surface area (Å²) >= 11 is 0. The van der Waals surface area contributed by atoms with Crippen molar-refractivity contribution in [1.82, 2.24) is 5.32 Å². The van der Waals surface area contributed by atoms with Gasteiger partial charge in [-0.05, 0) is 68.3 Å². The summed E-state index contributed by atoms with van der Waals surface area (Å²) in [6, 6.07) is 12.2. The van der Waals surface area contributed by atoms with Gasteiger partial charge >= 0.3 is 0 Å². The predicted octanol–water partition coefficient (Wildman–Crippen LogP) is 2.66. The fourth-order valence-corrected chi connectivity index (χ4v) is 2.98. The molecule has 0 aromatic heterocycles. The number of sulfonamides is 1. The molecule has 0 spiro atoms. The van der Waals surface area contributed by atoms with Crippen LogP contribution in [0.25, 0.3) is 0 Å². The molecule has 2 aromatic rings. The van der Waals surface area contributed by atoms with Gasteiger partial charge in [0, 0.05) is 7.05 Å². The molecule has 0 aliphatic rings. The van der Waals surface area contributed by atoms with Crippen LogP contribution in [0.15, 0.2) is 42.5 Å². The highest BCUT2D eigenvalue weighted by molar-refractivity contribution is 7.92. The Bertz CT molecular complexity index is 942. The molecule has 2 aromatic carbocycles. The minimum atomic E-state index is -3.32. The van der Waals surface area contributed by atoms with Crippen molar-refractivity contribution in [3.05, 3.63) is 53.6 Å². The van der Waals surface area contributed by atoms with Crippen LogP contribution in [0.5, 0.6) is 11.5 Å². The summed E-state index contributed by atoms with van der Waals surface area (Å²) in [5.74, 6) is 0.980. The number of hydrogen-bond donors (Lipinski definition) is 1. The molecule has 0 saturated carbocycles. The number of rotatable bonds is 9. The molecule has 1 atom stereocenters. The number of benzene rings is 2. The second-order valence-electron chi connectivity index (χ2n) is 7.04. The zero-order valence-corrected chi connectivity index (χ0v) is 18.2. The van der Waals surface area contributed by atoms with E-state index in [-0.39, 0.29) is 18.6 Å². The Balaban J connectivity index is 1.78. The van der Waals surface area contributed by atoms with Crippen LogP contribution in [0.1, 0.15) is 18.1 Å². The number of ether oxygens (including phenoxy) is 2. The smallest absolute Gasteiger partial charge is 0.258 e. The minimum Gasteiger partial charge on any atom is -0.491 e. The zero-order chi connectivity index (χ0) is 21.6. The maximum Gasteiger partial charge on any atom is 0.258 e. The molecular formula is C21H28N2O5S. The van der Waals surface area contributed by atoms with E-state index in [0.717, 1.165) is 17.6 Å². The lowest BCUT2D eigenvalue weighted by atomic mass is 10.1. The van der Waals surface area contributed by atoms with Gasteiger partial charge in [-0.3, -0.25) is 9.10 Å². The third kappa shape index (κ3) is 6.98. The average Bonchev–Trinajstić information content (AvgIpc) is 2.66. The molecule has 0 aliphatic heterocycles. The highest BCUT2D eigenvalue weighted by atomic mass is 32.2. The Morgan fingerprint density at radius 3 is 2.24 bits per heavy atom. The Labute approximate surface area is 172 Å². The highest BCUT2D eigenvalue weighted by Crippen LogP contribution is 2.20. The Kier molecular flexibility index (Phi) is 7.50. The Morgan fingerprint density at radius 1 is 1.03 bits per heavy atom. The topological polar surface area (TPSA) is 84.9 Å². The van der Waals surface area contributed by atoms with Crippen molar-refractivity contribution in [3.8, 4) is 11.5 Å². The van der Waals surface area contributed by atoms with Gasteiger partial charge in [-0.2, -0.15) is 0 Å². The van der Waals surface area contributed by atoms with Gasteiger partial charge in [0.2, 0.25) is 10.0 Å². The van der Waals surface area contributed by atoms with Gasteiger partial charge in [0.25, 0.3) is 5.91 Å². The molecule has 0 aliphatic carbocycles. The van der Waals surface area contributed by atoms with Crippen LogP contribution in [0.4, 0.5) is 5.69 Å². The van der Waals surface area contributed by atoms with E-state index in [9.17, 15) is 13.2 Å². The van der Waals surface area contributed by atoms with Crippen molar-refractivity contribution >= 4 is 21.6 Å². The molecular weight excluding hydrogens is 392 g/mol. The summed E-state index contributed by atoms with van der Waals surface area (Å²) < 4.78 is 35.4. The second kappa shape index (κ2) is 9.65. The summed E-state index contributed by atoms with van der Waals surface area (Å²) in [4.78, 5) is 12.1. The highest BCUT2D eigenvalue weighted by Gasteiger charge is 2.12. The van der Waals surface area contributed by atoms with Crippen molar-refractivity contribution in [1.29, 1.82) is 0 Å². The molecule has 2 rings (SSSR count). The fraction of sp³-hybridized carbons (Fsp3) is 0.381. The lowest BCUT2D eigenvalue weighted by molar-refractivity contribution is -0.123. The van der Waals surface area contributed by atoms with Crippen LogP contribution in [0, 0.1) is 13.8 Å². The standard InChI is InChI=1S/C21H28N2O5S/c1-15-6-9-20(12-16(15)2)27-13-17(3)22-21(24)14-28-19-10-7-18(8-11-19)23(4)29(5,25)26/h6-12,17H,13-14H2,1-5H3,(H,22,24)/t17-/m0/s1. The first-order chi connectivity index (χ1) is 13.6. The number of nitrogens with one attached hydrogen (secondary N) is 1. The van der Waals surface area contributed by atoms with Crippen molar-refractivity contribution in [3.63, 3.8) is 0 Å². The van der Waals surface area contributed by atoms with Crippen LogP contribution < -0.4 is 19.1 Å². The van der Waals surface area contributed by atoms with Crippen molar-refractivity contribution in [2.24, 2.45) is 0 Å². The fourth-order valence-electron chi connectivity index (χ4n) is 2.48. The Morgan fingerprint density at radius 2 is 1.66 bits per heavy atom. The van der Waals surface area contributed by atoms with Crippen molar-refractivity contribution < 1.29 is 22.7 Å².